The molecule has 0 aliphatic rings. The molecule has 0 fully saturated rings. The van der Waals surface area contributed by atoms with Gasteiger partial charge in [0.2, 0.25) is 11.8 Å². The number of nitrogens with two attached hydrogens (primary N) is 2. The number of Topliss-reactive ketones (excluding diaryl/α,β-unsaturated/α-hetero) is 2. The van der Waals surface area contributed by atoms with Crippen molar-refractivity contribution in [3.05, 3.63) is 154 Å². The van der Waals surface area contributed by atoms with Gasteiger partial charge in [-0.25, -0.2) is 9.59 Å². The summed E-state index contributed by atoms with van der Waals surface area (Å²) >= 11 is 0. The predicted octanol–water partition coefficient (Wildman–Crippen LogP) is 2.39. The molecule has 8 aromatic rings. The van der Waals surface area contributed by atoms with Gasteiger partial charge in [-0.1, -0.05) is 0 Å². The first-order chi connectivity index (χ1) is 49.9. The van der Waals surface area contributed by atoms with Crippen LogP contribution in [-0.2, 0) is 69.5 Å². The zero-order chi connectivity index (χ0) is 76.9. The molecule has 0 unspecified atom stereocenters. The summed E-state index contributed by atoms with van der Waals surface area (Å²) in [7, 11) is 22.3. The summed E-state index contributed by atoms with van der Waals surface area (Å²) in [5.74, 6) is -2.88. The summed E-state index contributed by atoms with van der Waals surface area (Å²) in [6.45, 7) is 3.11. The Balaban J connectivity index is 0.000000444. The Bertz CT molecular complexity index is 4500. The first-order valence-electron chi connectivity index (χ1n) is 33.5. The summed E-state index contributed by atoms with van der Waals surface area (Å²) in [5, 5.41) is 26.3. The van der Waals surface area contributed by atoms with E-state index in [0.717, 1.165) is 25.9 Å². The number of aryl methyl sites for hydroxylation is 6. The largest absolute Gasteiger partial charge is 1.00 e. The minimum atomic E-state index is -1.19. The topological polar surface area (TPSA) is 459 Å². The molecule has 8 rings (SSSR count). The van der Waals surface area contributed by atoms with Gasteiger partial charge in [0.1, 0.15) is 22.8 Å². The van der Waals surface area contributed by atoms with E-state index in [0.29, 0.717) is 105 Å². The summed E-state index contributed by atoms with van der Waals surface area (Å²) in [6.07, 6.45) is 12.7. The van der Waals surface area contributed by atoms with Crippen LogP contribution in [0.4, 0.5) is 34.1 Å². The number of hydrogen-bond acceptors (Lipinski definition) is 20. The number of nitrogen functional groups attached to an aromatic ring is 2. The van der Waals surface area contributed by atoms with E-state index in [1.54, 1.807) is 143 Å². The van der Waals surface area contributed by atoms with Gasteiger partial charge in [0.25, 0.3) is 23.6 Å². The number of anilines is 6. The second kappa shape index (κ2) is 41.4. The maximum Gasteiger partial charge on any atom is 1.00 e. The smallest absolute Gasteiger partial charge is 0.870 e. The molecule has 0 saturated carbocycles. The van der Waals surface area contributed by atoms with Gasteiger partial charge >= 0.3 is 30.8 Å². The average molecular weight is 1490 g/mol. The third-order valence-corrected chi connectivity index (χ3v) is 16.5. The van der Waals surface area contributed by atoms with Gasteiger partial charge in [0.15, 0.2) is 34.6 Å². The molecule has 34 nitrogen and oxygen atoms in total. The summed E-state index contributed by atoms with van der Waals surface area (Å²) < 4.78 is 36.5. The number of methoxy groups -OCH3 is 3. The van der Waals surface area contributed by atoms with Gasteiger partial charge in [0, 0.05) is 143 Å². The first kappa shape index (κ1) is 88.9. The zero-order valence-corrected chi connectivity index (χ0v) is 63.4. The average Bonchev–Trinajstić information content (AvgIpc) is 1.47. The maximum atomic E-state index is 13.3. The van der Waals surface area contributed by atoms with E-state index in [4.69, 9.17) is 35.2 Å². The van der Waals surface area contributed by atoms with E-state index in [-0.39, 0.29) is 144 Å². The molecule has 0 saturated heterocycles. The number of carbonyl (C=O) groups is 10. The number of hydrogen-bond donors (Lipinski definition) is 9. The molecule has 0 spiro atoms. The number of ether oxygens (including phenoxy) is 5. The Kier molecular flexibility index (Phi) is 34.0. The Hall–Kier alpha value is -11.5. The third kappa shape index (κ3) is 24.8. The summed E-state index contributed by atoms with van der Waals surface area (Å²) in [5.41, 5.74) is 17.4. The zero-order valence-electron chi connectivity index (χ0n) is 63.4. The van der Waals surface area contributed by atoms with E-state index in [1.807, 2.05) is 38.0 Å². The fourth-order valence-electron chi connectivity index (χ4n) is 11.2. The number of nitrogens with one attached hydrogen (secondary N) is 6. The Labute approximate surface area is 637 Å². The van der Waals surface area contributed by atoms with Crippen molar-refractivity contribution in [1.82, 2.24) is 47.8 Å². The molecule has 0 aliphatic heterocycles. The molecule has 2 aromatic carbocycles. The summed E-state index contributed by atoms with van der Waals surface area (Å²) in [6, 6.07) is 15.3. The minimum Gasteiger partial charge on any atom is -0.870 e. The van der Waals surface area contributed by atoms with Crippen LogP contribution in [0.2, 0.25) is 0 Å². The number of carbonyl (C=O) groups excluding carboxylic acids is 9. The van der Waals surface area contributed by atoms with Crippen LogP contribution in [0.25, 0.3) is 0 Å². The number of rotatable bonds is 36. The third-order valence-electron chi connectivity index (χ3n) is 16.5. The van der Waals surface area contributed by atoms with Gasteiger partial charge in [-0.05, 0) is 114 Å². The van der Waals surface area contributed by atoms with Crippen molar-refractivity contribution in [3.8, 4) is 23.0 Å². The van der Waals surface area contributed by atoms with Crippen LogP contribution in [0.3, 0.4) is 0 Å². The predicted molar refractivity (Wildman–Crippen MR) is 401 cm³/mol. The number of carboxylic acids is 1. The number of aromatic nitrogens is 6. The standard InChI is InChI=1S/C37H48N8O8.C36H46N8O8.Li.2H2O/c1-42(2)12-9-11-39-35(48)30-17-25(22-45(30)5)41-36(49)29-14-23(20-43(29)3)15-31(46)28-16-24(21-44(28)4)40-34(47)10-8-13-53-33-19-27(38)26(37(50)52-7)18-32(33)51-6;1-41(2)11-8-10-38-34(47)29-16-24(21-44(29)5)40-35(48)28-13-22(19-42(28)3)14-30(45)27-15-23(20-43(27)4)39-33(46)9-7-12-52-32-18-26(37)25(36(49)50)17-31(32)51-6;;;/h14,16-22H,8-13,15,38H2,1-7H3,(H,39,48)(H,40,47)(H,41,49);13,15-21H,7-12,14,37H2,1-6H3,(H,38,47)(H,39,46)(H,40,48)(H,49,50);;2*1H2/q;;+1;;/p-1. The van der Waals surface area contributed by atoms with Gasteiger partial charge in [-0.2, -0.15) is 0 Å². The van der Waals surface area contributed by atoms with Crippen molar-refractivity contribution in [3.63, 3.8) is 0 Å². The molecular weight excluding hydrogens is 1400 g/mol. The summed E-state index contributed by atoms with van der Waals surface area (Å²) in [4.78, 5) is 131. The van der Waals surface area contributed by atoms with Crippen LogP contribution in [-0.4, -0.2) is 201 Å². The second-order valence-electron chi connectivity index (χ2n) is 25.5. The van der Waals surface area contributed by atoms with Crippen LogP contribution in [0.15, 0.2) is 97.8 Å². The number of benzene rings is 2. The minimum absolute atomic E-state index is 0. The van der Waals surface area contributed by atoms with Crippen molar-refractivity contribution < 1.29 is 107 Å². The maximum absolute atomic E-state index is 13.3. The van der Waals surface area contributed by atoms with E-state index in [9.17, 15) is 53.1 Å². The number of ketones is 2. The van der Waals surface area contributed by atoms with Gasteiger partial charge < -0.3 is 120 Å². The molecule has 0 aliphatic carbocycles. The first-order valence-corrected chi connectivity index (χ1v) is 33.5. The van der Waals surface area contributed by atoms with Gasteiger partial charge in [0.05, 0.1) is 91.2 Å². The van der Waals surface area contributed by atoms with Crippen LogP contribution in [0, 0.1) is 0 Å². The quantitative estimate of drug-likeness (QED) is 0.00895. The Morgan fingerprint density at radius 3 is 1.13 bits per heavy atom. The van der Waals surface area contributed by atoms with Crippen molar-refractivity contribution >= 4 is 93.1 Å². The van der Waals surface area contributed by atoms with Crippen molar-refractivity contribution in [2.75, 3.05) is 122 Å². The molecule has 14 N–H and O–H groups in total. The molecular formula is C73H97LiN16O18. The SMILES string of the molecule is COC(=O)c1cc(OC)c(OCCCC(=O)Nc2cc(C(=O)Cc3cc(C(=O)Nc4cc(C(=O)NCCCN(C)C)n(C)c4)n(C)c3)n(C)c2)cc1N.COc1cc(C(=O)O)c(N)cc1OCCCC(=O)Nc1cc(C(=O)Cc2cc(C(=O)Nc3cc(C(=O)NCCCN(C)C)n(C)c3)n(C)c2)n(C)c1.O.[Li+].[OH-]. The molecule has 6 aromatic heterocycles. The number of carboxylic acid groups (broad SMARTS) is 1. The molecule has 35 heteroatoms. The van der Waals surface area contributed by atoms with Crippen LogP contribution in [0.5, 0.6) is 23.0 Å². The molecule has 108 heavy (non-hydrogen) atoms. The second-order valence-corrected chi connectivity index (χ2v) is 25.5. The van der Waals surface area contributed by atoms with Crippen molar-refractivity contribution in [2.45, 2.75) is 51.4 Å². The van der Waals surface area contributed by atoms with E-state index >= 15 is 0 Å². The number of aromatic carboxylic acids is 1. The van der Waals surface area contributed by atoms with Crippen LogP contribution < -0.4 is 81.2 Å². The normalized spacial score (nSPS) is 10.7. The van der Waals surface area contributed by atoms with E-state index in [1.165, 1.54) is 45.6 Å². The van der Waals surface area contributed by atoms with Gasteiger partial charge in [-0.3, -0.25) is 38.4 Å². The molecule has 0 radical (unpaired) electrons. The number of amides is 6. The molecule has 0 bridgehead atoms. The molecule has 6 heterocycles. The van der Waals surface area contributed by atoms with E-state index < -0.39 is 17.8 Å². The number of nitrogens with zero attached hydrogens (tertiary/aromatic N) is 8. The van der Waals surface area contributed by atoms with E-state index in [2.05, 4.69) is 31.9 Å². The van der Waals surface area contributed by atoms with Crippen molar-refractivity contribution in [1.29, 1.82) is 0 Å². The molecule has 6 amide bonds. The van der Waals surface area contributed by atoms with Gasteiger partial charge in [-0.15, -0.1) is 0 Å². The van der Waals surface area contributed by atoms with Crippen LogP contribution in [0.1, 0.15) is 133 Å². The monoisotopic (exact) mass is 1490 g/mol. The Morgan fingerprint density at radius 2 is 0.769 bits per heavy atom. The van der Waals surface area contributed by atoms with Crippen molar-refractivity contribution in [2.24, 2.45) is 42.3 Å². The van der Waals surface area contributed by atoms with Crippen LogP contribution >= 0.6 is 0 Å². The Morgan fingerprint density at radius 1 is 0.435 bits per heavy atom. The fraction of sp³-hybridized carbons (Fsp3) is 0.370. The molecule has 578 valence electrons. The fourth-order valence-corrected chi connectivity index (χ4v) is 11.2. The number of esters is 1. The molecule has 0 atom stereocenters.